The number of aromatic nitrogens is 1. The van der Waals surface area contributed by atoms with E-state index >= 15 is 0 Å². The molecule has 0 aliphatic rings. The lowest BCUT2D eigenvalue weighted by Gasteiger charge is -2.10. The fourth-order valence-electron chi connectivity index (χ4n) is 2.58. The fourth-order valence-corrected chi connectivity index (χ4v) is 2.58. The Morgan fingerprint density at radius 1 is 1.14 bits per heavy atom. The Kier molecular flexibility index (Phi) is 3.59. The number of nitrogens with zero attached hydrogens (tertiary/aromatic N) is 1. The second kappa shape index (κ2) is 5.56. The molecule has 0 saturated heterocycles. The molecule has 0 aliphatic carbocycles. The van der Waals surface area contributed by atoms with Crippen LogP contribution in [-0.4, -0.2) is 22.8 Å². The molecule has 3 rings (SSSR count). The Labute approximate surface area is 128 Å². The lowest BCUT2D eigenvalue weighted by atomic mass is 10.1. The summed E-state index contributed by atoms with van der Waals surface area (Å²) in [6.07, 6.45) is 0. The summed E-state index contributed by atoms with van der Waals surface area (Å²) in [6.45, 7) is 2.54. The smallest absolute Gasteiger partial charge is 0.352 e. The first-order valence-corrected chi connectivity index (χ1v) is 7.04. The summed E-state index contributed by atoms with van der Waals surface area (Å²) in [5.41, 5.74) is 3.39. The molecule has 0 bridgehead atoms. The summed E-state index contributed by atoms with van der Waals surface area (Å²) in [5.74, 6) is -0.213. The van der Waals surface area contributed by atoms with Gasteiger partial charge in [-0.1, -0.05) is 29.8 Å². The van der Waals surface area contributed by atoms with Crippen LogP contribution in [0.3, 0.4) is 0 Å². The van der Waals surface area contributed by atoms with Gasteiger partial charge in [0.2, 0.25) is 0 Å². The van der Waals surface area contributed by atoms with Gasteiger partial charge in [0.15, 0.2) is 0 Å². The molecule has 4 heteroatoms. The molecular formula is C18H17NO3. The average molecular weight is 295 g/mol. The Balaban J connectivity index is 2.13. The Morgan fingerprint density at radius 2 is 1.86 bits per heavy atom. The highest BCUT2D eigenvalue weighted by atomic mass is 16.5. The van der Waals surface area contributed by atoms with Crippen molar-refractivity contribution in [1.82, 2.24) is 4.57 Å². The largest absolute Gasteiger partial charge is 0.497 e. The van der Waals surface area contributed by atoms with Gasteiger partial charge in [-0.25, -0.2) is 4.79 Å². The van der Waals surface area contributed by atoms with E-state index in [1.54, 1.807) is 13.2 Å². The number of ether oxygens (including phenoxy) is 1. The van der Waals surface area contributed by atoms with Crippen LogP contribution >= 0.6 is 0 Å². The summed E-state index contributed by atoms with van der Waals surface area (Å²) in [6, 6.07) is 15.4. The highest BCUT2D eigenvalue weighted by molar-refractivity contribution is 5.95. The van der Waals surface area contributed by atoms with E-state index in [1.807, 2.05) is 54.0 Å². The highest BCUT2D eigenvalue weighted by Crippen LogP contribution is 2.25. The summed E-state index contributed by atoms with van der Waals surface area (Å²) >= 11 is 0. The fraction of sp³-hybridized carbons (Fsp3) is 0.167. The molecular weight excluding hydrogens is 278 g/mol. The van der Waals surface area contributed by atoms with Crippen LogP contribution in [0.15, 0.2) is 48.5 Å². The molecule has 1 aromatic heterocycles. The molecule has 0 atom stereocenters. The molecule has 2 aromatic carbocycles. The van der Waals surface area contributed by atoms with Crippen LogP contribution in [0.4, 0.5) is 0 Å². The minimum absolute atomic E-state index is 0.281. The molecule has 0 unspecified atom stereocenters. The first-order valence-electron chi connectivity index (χ1n) is 7.04. The van der Waals surface area contributed by atoms with Gasteiger partial charge in [0.05, 0.1) is 12.6 Å². The number of carbonyl (C=O) groups is 1. The minimum Gasteiger partial charge on any atom is -0.497 e. The summed E-state index contributed by atoms with van der Waals surface area (Å²) < 4.78 is 7.06. The van der Waals surface area contributed by atoms with Crippen LogP contribution in [0.1, 0.15) is 21.6 Å². The molecule has 112 valence electrons. The second-order valence-corrected chi connectivity index (χ2v) is 5.33. The second-order valence-electron chi connectivity index (χ2n) is 5.33. The van der Waals surface area contributed by atoms with Crippen molar-refractivity contribution in [1.29, 1.82) is 0 Å². The van der Waals surface area contributed by atoms with Gasteiger partial charge >= 0.3 is 5.97 Å². The number of carboxylic acids is 1. The van der Waals surface area contributed by atoms with E-state index in [0.717, 1.165) is 16.5 Å². The Morgan fingerprint density at radius 3 is 2.50 bits per heavy atom. The quantitative estimate of drug-likeness (QED) is 0.798. The van der Waals surface area contributed by atoms with Gasteiger partial charge in [-0.2, -0.15) is 0 Å². The van der Waals surface area contributed by atoms with E-state index in [2.05, 4.69) is 0 Å². The van der Waals surface area contributed by atoms with Crippen molar-refractivity contribution in [3.05, 3.63) is 65.4 Å². The third-order valence-electron chi connectivity index (χ3n) is 3.79. The molecule has 22 heavy (non-hydrogen) atoms. The topological polar surface area (TPSA) is 51.5 Å². The van der Waals surface area contributed by atoms with Crippen molar-refractivity contribution in [2.45, 2.75) is 13.5 Å². The molecule has 0 amide bonds. The van der Waals surface area contributed by atoms with Crippen LogP contribution in [0.2, 0.25) is 0 Å². The number of hydrogen-bond acceptors (Lipinski definition) is 2. The molecule has 0 spiro atoms. The third-order valence-corrected chi connectivity index (χ3v) is 3.79. The number of hydrogen-bond donors (Lipinski definition) is 1. The molecule has 4 nitrogen and oxygen atoms in total. The summed E-state index contributed by atoms with van der Waals surface area (Å²) in [7, 11) is 1.60. The molecule has 3 aromatic rings. The average Bonchev–Trinajstić information content (AvgIpc) is 2.87. The zero-order valence-electron chi connectivity index (χ0n) is 12.5. The lowest BCUT2D eigenvalue weighted by molar-refractivity contribution is 0.0686. The zero-order valence-corrected chi connectivity index (χ0v) is 12.5. The first kappa shape index (κ1) is 14.2. The van der Waals surface area contributed by atoms with Crippen molar-refractivity contribution in [2.24, 2.45) is 0 Å². The van der Waals surface area contributed by atoms with Crippen LogP contribution < -0.4 is 4.74 Å². The van der Waals surface area contributed by atoms with Crippen molar-refractivity contribution < 1.29 is 14.6 Å². The zero-order chi connectivity index (χ0) is 15.7. The van der Waals surface area contributed by atoms with Crippen LogP contribution in [0.25, 0.3) is 10.9 Å². The number of fused-ring (bicyclic) bond motifs is 1. The third kappa shape index (κ3) is 2.55. The first-order chi connectivity index (χ1) is 10.6. The van der Waals surface area contributed by atoms with Gasteiger partial charge in [0.25, 0.3) is 0 Å². The monoisotopic (exact) mass is 295 g/mol. The SMILES string of the molecule is COc1ccc2cc(C(=O)O)n(Cc3ccc(C)cc3)c2c1. The van der Waals surface area contributed by atoms with Gasteiger partial charge in [0.1, 0.15) is 11.4 Å². The normalized spacial score (nSPS) is 10.8. The van der Waals surface area contributed by atoms with E-state index in [-0.39, 0.29) is 5.69 Å². The van der Waals surface area contributed by atoms with Gasteiger partial charge in [-0.3, -0.25) is 0 Å². The van der Waals surface area contributed by atoms with Gasteiger partial charge in [-0.05, 0) is 30.7 Å². The van der Waals surface area contributed by atoms with Crippen molar-refractivity contribution in [3.63, 3.8) is 0 Å². The maximum Gasteiger partial charge on any atom is 0.352 e. The molecule has 0 fully saturated rings. The maximum atomic E-state index is 11.5. The van der Waals surface area contributed by atoms with Crippen molar-refractivity contribution in [3.8, 4) is 5.75 Å². The Bertz CT molecular complexity index is 831. The Hall–Kier alpha value is -2.75. The van der Waals surface area contributed by atoms with Crippen LogP contribution in [-0.2, 0) is 6.54 Å². The van der Waals surface area contributed by atoms with E-state index in [0.29, 0.717) is 12.3 Å². The predicted octanol–water partition coefficient (Wildman–Crippen LogP) is 3.70. The minimum atomic E-state index is -0.928. The lowest BCUT2D eigenvalue weighted by Crippen LogP contribution is -2.09. The van der Waals surface area contributed by atoms with Gasteiger partial charge < -0.3 is 14.4 Å². The van der Waals surface area contributed by atoms with Crippen molar-refractivity contribution >= 4 is 16.9 Å². The maximum absolute atomic E-state index is 11.5. The van der Waals surface area contributed by atoms with E-state index in [1.165, 1.54) is 5.56 Å². The van der Waals surface area contributed by atoms with Crippen molar-refractivity contribution in [2.75, 3.05) is 7.11 Å². The van der Waals surface area contributed by atoms with Gasteiger partial charge in [0, 0.05) is 18.0 Å². The molecule has 0 aliphatic heterocycles. The summed E-state index contributed by atoms with van der Waals surface area (Å²) in [5, 5.41) is 10.4. The summed E-state index contributed by atoms with van der Waals surface area (Å²) in [4.78, 5) is 11.5. The molecule has 1 heterocycles. The number of carboxylic acid groups (broad SMARTS) is 1. The van der Waals surface area contributed by atoms with E-state index in [9.17, 15) is 9.90 Å². The standard InChI is InChI=1S/C18H17NO3/c1-12-3-5-13(6-4-12)11-19-16-10-15(22-2)8-7-14(16)9-17(19)18(20)21/h3-10H,11H2,1-2H3,(H,20,21). The molecule has 0 saturated carbocycles. The van der Waals surface area contributed by atoms with E-state index < -0.39 is 5.97 Å². The van der Waals surface area contributed by atoms with Gasteiger partial charge in [-0.15, -0.1) is 0 Å². The van der Waals surface area contributed by atoms with E-state index in [4.69, 9.17) is 4.74 Å². The van der Waals surface area contributed by atoms with Crippen LogP contribution in [0.5, 0.6) is 5.75 Å². The highest BCUT2D eigenvalue weighted by Gasteiger charge is 2.15. The molecule has 0 radical (unpaired) electrons. The number of rotatable bonds is 4. The number of methoxy groups -OCH3 is 1. The predicted molar refractivity (Wildman–Crippen MR) is 85.7 cm³/mol. The van der Waals surface area contributed by atoms with Crippen LogP contribution in [0, 0.1) is 6.92 Å². The number of aryl methyl sites for hydroxylation is 1. The molecule has 1 N–H and O–H groups in total. The number of aromatic carboxylic acids is 1. The number of benzene rings is 2.